The van der Waals surface area contributed by atoms with Gasteiger partial charge < -0.3 is 34.8 Å². The molecule has 16 heteroatoms. The first-order chi connectivity index (χ1) is 10.7. The standard InChI is InChI=1S/C10H12O13S.2Na/c11-5(12)1-4(24(20,21)22)8(17)23-10(9(18)19,2-6(13)14)3-7(15)16;;/h4H,1-3H2,(H,11,12)(H,13,14)(H,15,16)(H,18,19)(H,20,21,22);;/q;2*+1/p-2. The molecule has 0 saturated carbocycles. The van der Waals surface area contributed by atoms with Crippen LogP contribution >= 0.6 is 0 Å². The maximum atomic E-state index is 11.7. The predicted octanol–water partition coefficient (Wildman–Crippen LogP) is -10.6. The van der Waals surface area contributed by atoms with Gasteiger partial charge in [0.1, 0.15) is 0 Å². The minimum Gasteiger partial charge on any atom is -0.550 e. The van der Waals surface area contributed by atoms with Gasteiger partial charge in [0.05, 0.1) is 18.8 Å². The van der Waals surface area contributed by atoms with Gasteiger partial charge in [0.15, 0.2) is 10.9 Å². The summed E-state index contributed by atoms with van der Waals surface area (Å²) in [6, 6.07) is 0. The van der Waals surface area contributed by atoms with Gasteiger partial charge in [-0.05, 0) is 0 Å². The molecule has 136 valence electrons. The van der Waals surface area contributed by atoms with Crippen molar-refractivity contribution in [1.82, 2.24) is 0 Å². The molecule has 0 aliphatic carbocycles. The van der Waals surface area contributed by atoms with Crippen LogP contribution in [0.2, 0.25) is 0 Å². The van der Waals surface area contributed by atoms with Crippen molar-refractivity contribution < 1.29 is 121 Å². The zero-order valence-corrected chi connectivity index (χ0v) is 18.3. The summed E-state index contributed by atoms with van der Waals surface area (Å²) in [4.78, 5) is 54.5. The zero-order valence-electron chi connectivity index (χ0n) is 13.5. The number of hydrogen-bond donors (Lipinski definition) is 3. The van der Waals surface area contributed by atoms with Crippen LogP contribution in [0.4, 0.5) is 0 Å². The summed E-state index contributed by atoms with van der Waals surface area (Å²) < 4.78 is 34.9. The van der Waals surface area contributed by atoms with Crippen molar-refractivity contribution in [1.29, 1.82) is 0 Å². The van der Waals surface area contributed by atoms with Gasteiger partial charge in [-0.1, -0.05) is 0 Å². The molecule has 0 rings (SSSR count). The number of rotatable bonds is 10. The second-order valence-electron chi connectivity index (χ2n) is 4.42. The summed E-state index contributed by atoms with van der Waals surface area (Å²) in [6.07, 6.45) is -4.93. The largest absolute Gasteiger partial charge is 1.00 e. The summed E-state index contributed by atoms with van der Waals surface area (Å²) >= 11 is 0. The number of aliphatic carboxylic acids is 4. The summed E-state index contributed by atoms with van der Waals surface area (Å²) in [6.45, 7) is 0. The molecule has 0 bridgehead atoms. The number of carbonyl (C=O) groups is 5. The average Bonchev–Trinajstić information content (AvgIpc) is 2.31. The van der Waals surface area contributed by atoms with E-state index in [0.29, 0.717) is 0 Å². The van der Waals surface area contributed by atoms with Gasteiger partial charge in [0.2, 0.25) is 0 Å². The molecule has 13 nitrogen and oxygen atoms in total. The molecule has 0 aromatic rings. The molecule has 0 aromatic heterocycles. The summed E-state index contributed by atoms with van der Waals surface area (Å²) in [5, 5.41) is 35.9. The smallest absolute Gasteiger partial charge is 0.550 e. The van der Waals surface area contributed by atoms with E-state index in [1.807, 2.05) is 0 Å². The Morgan fingerprint density at radius 2 is 1.42 bits per heavy atom. The van der Waals surface area contributed by atoms with Crippen LogP contribution in [0, 0.1) is 0 Å². The molecule has 0 saturated heterocycles. The van der Waals surface area contributed by atoms with Gasteiger partial charge in [0, 0.05) is 12.4 Å². The SMILES string of the molecule is O=C([O-])CC(CC(=O)O)(OC(=O)C(CC(=O)O)S(=O)(=O)O)C(=O)[O-].[Na+].[Na+]. The van der Waals surface area contributed by atoms with Crippen LogP contribution in [0.5, 0.6) is 0 Å². The van der Waals surface area contributed by atoms with Crippen LogP contribution in [0.1, 0.15) is 19.3 Å². The van der Waals surface area contributed by atoms with E-state index < -0.39 is 70.1 Å². The third kappa shape index (κ3) is 9.82. The Morgan fingerprint density at radius 1 is 0.962 bits per heavy atom. The van der Waals surface area contributed by atoms with Crippen molar-refractivity contribution in [2.45, 2.75) is 30.1 Å². The molecule has 3 N–H and O–H groups in total. The van der Waals surface area contributed by atoms with E-state index in [4.69, 9.17) is 14.8 Å². The third-order valence-electron chi connectivity index (χ3n) is 2.52. The molecule has 0 amide bonds. The van der Waals surface area contributed by atoms with Crippen LogP contribution in [0.25, 0.3) is 0 Å². The van der Waals surface area contributed by atoms with Gasteiger partial charge in [-0.15, -0.1) is 0 Å². The van der Waals surface area contributed by atoms with Gasteiger partial charge in [-0.25, -0.2) is 0 Å². The number of hydrogen-bond acceptors (Lipinski definition) is 10. The molecule has 0 radical (unpaired) electrons. The second-order valence-corrected chi connectivity index (χ2v) is 6.02. The predicted molar refractivity (Wildman–Crippen MR) is 63.3 cm³/mol. The first-order valence-electron chi connectivity index (χ1n) is 5.75. The molecule has 26 heavy (non-hydrogen) atoms. The normalized spacial score (nSPS) is 13.7. The monoisotopic (exact) mass is 416 g/mol. The van der Waals surface area contributed by atoms with E-state index in [2.05, 4.69) is 4.74 Å². The summed E-state index contributed by atoms with van der Waals surface area (Å²) in [7, 11) is -5.39. The first-order valence-corrected chi connectivity index (χ1v) is 7.25. The van der Waals surface area contributed by atoms with Crippen LogP contribution in [-0.4, -0.2) is 63.9 Å². The van der Waals surface area contributed by atoms with Crippen molar-refractivity contribution >= 4 is 40.0 Å². The van der Waals surface area contributed by atoms with Gasteiger partial charge in [-0.2, -0.15) is 8.42 Å². The van der Waals surface area contributed by atoms with E-state index >= 15 is 0 Å². The number of carboxylic acids is 4. The van der Waals surface area contributed by atoms with E-state index in [0.717, 1.165) is 0 Å². The van der Waals surface area contributed by atoms with Gasteiger partial charge in [-0.3, -0.25) is 18.9 Å². The minimum absolute atomic E-state index is 0. The fourth-order valence-corrected chi connectivity index (χ4v) is 2.17. The number of carboxylic acid groups (broad SMARTS) is 4. The van der Waals surface area contributed by atoms with Crippen molar-refractivity contribution in [2.75, 3.05) is 0 Å². The van der Waals surface area contributed by atoms with E-state index in [9.17, 15) is 42.6 Å². The van der Waals surface area contributed by atoms with E-state index in [-0.39, 0.29) is 59.1 Å². The number of carbonyl (C=O) groups excluding carboxylic acids is 3. The first kappa shape index (κ1) is 30.0. The summed E-state index contributed by atoms with van der Waals surface area (Å²) in [5.41, 5.74) is -3.37. The fourth-order valence-electron chi connectivity index (χ4n) is 1.53. The minimum atomic E-state index is -5.39. The Kier molecular flexibility index (Phi) is 13.7. The van der Waals surface area contributed by atoms with Crippen LogP contribution < -0.4 is 69.3 Å². The Hall–Kier alpha value is -0.740. The average molecular weight is 416 g/mol. The van der Waals surface area contributed by atoms with Crippen molar-refractivity contribution in [3.63, 3.8) is 0 Å². The number of esters is 1. The molecule has 0 heterocycles. The summed E-state index contributed by atoms with van der Waals surface area (Å²) in [5.74, 6) is -10.8. The molecule has 0 aliphatic rings. The maximum absolute atomic E-state index is 11.7. The third-order valence-corrected chi connectivity index (χ3v) is 3.60. The molecular formula is C10H10Na2O13S. The van der Waals surface area contributed by atoms with Crippen LogP contribution in [0.15, 0.2) is 0 Å². The molecule has 2 atom stereocenters. The zero-order chi connectivity index (χ0) is 19.3. The molecule has 0 fully saturated rings. The van der Waals surface area contributed by atoms with Crippen molar-refractivity contribution in [2.24, 2.45) is 0 Å². The van der Waals surface area contributed by atoms with Gasteiger partial charge in [0.25, 0.3) is 10.1 Å². The second kappa shape index (κ2) is 11.9. The fraction of sp³-hybridized carbons (Fsp3) is 0.500. The quantitative estimate of drug-likeness (QED) is 0.171. The van der Waals surface area contributed by atoms with E-state index in [1.54, 1.807) is 0 Å². The Bertz CT molecular complexity index is 654. The Labute approximate surface area is 190 Å². The number of ether oxygens (including phenoxy) is 1. The van der Waals surface area contributed by atoms with Crippen LogP contribution in [0.3, 0.4) is 0 Å². The van der Waals surface area contributed by atoms with Crippen molar-refractivity contribution in [3.05, 3.63) is 0 Å². The topological polar surface area (TPSA) is 236 Å². The van der Waals surface area contributed by atoms with Crippen molar-refractivity contribution in [3.8, 4) is 0 Å². The van der Waals surface area contributed by atoms with Crippen LogP contribution in [-0.2, 0) is 38.8 Å². The van der Waals surface area contributed by atoms with Gasteiger partial charge >= 0.3 is 77.0 Å². The Morgan fingerprint density at radius 3 is 1.69 bits per heavy atom. The Balaban J connectivity index is -0.00000264. The molecular weight excluding hydrogens is 406 g/mol. The maximum Gasteiger partial charge on any atom is 1.00 e. The van der Waals surface area contributed by atoms with E-state index in [1.165, 1.54) is 0 Å². The molecule has 2 unspecified atom stereocenters. The molecule has 0 spiro atoms. The molecule has 0 aliphatic heterocycles. The molecule has 0 aromatic carbocycles.